The summed E-state index contributed by atoms with van der Waals surface area (Å²) < 4.78 is 0. The van der Waals surface area contributed by atoms with E-state index in [-0.39, 0.29) is 24.4 Å². The third-order valence-corrected chi connectivity index (χ3v) is 3.86. The number of benzene rings is 1. The molecule has 1 aliphatic rings. The molecule has 2 atom stereocenters. The number of halogens is 2. The fraction of sp³-hybridized carbons (Fsp3) is 0.533. The van der Waals surface area contributed by atoms with Crippen LogP contribution in [0, 0.1) is 0 Å². The van der Waals surface area contributed by atoms with Crippen molar-refractivity contribution < 1.29 is 4.79 Å². The van der Waals surface area contributed by atoms with Crippen molar-refractivity contribution >= 4 is 29.9 Å². The first-order valence-electron chi connectivity index (χ1n) is 6.97. The largest absolute Gasteiger partial charge is 0.349 e. The number of hydrogen-bond donors (Lipinski definition) is 2. The molecular formula is C15H22Cl2N2O. The van der Waals surface area contributed by atoms with Crippen LogP contribution in [0.1, 0.15) is 44.2 Å². The summed E-state index contributed by atoms with van der Waals surface area (Å²) in [7, 11) is 0. The standard InChI is InChI=1S/C15H21ClN2O.ClH/c1-2-14(11-5-7-12(16)8-6-11)18-15(19)10-13-4-3-9-17-13;/h5-8,13-14,17H,2-4,9-10H2,1H3,(H,18,19);1H. The Morgan fingerprint density at radius 1 is 1.45 bits per heavy atom. The molecule has 112 valence electrons. The van der Waals surface area contributed by atoms with Gasteiger partial charge in [0, 0.05) is 17.5 Å². The highest BCUT2D eigenvalue weighted by Crippen LogP contribution is 2.19. The summed E-state index contributed by atoms with van der Waals surface area (Å²) in [5, 5.41) is 7.18. The number of nitrogens with one attached hydrogen (secondary N) is 2. The van der Waals surface area contributed by atoms with Crippen LogP contribution in [0.2, 0.25) is 5.02 Å². The van der Waals surface area contributed by atoms with Crippen molar-refractivity contribution in [2.24, 2.45) is 0 Å². The van der Waals surface area contributed by atoms with Gasteiger partial charge in [-0.3, -0.25) is 4.79 Å². The predicted molar refractivity (Wildman–Crippen MR) is 85.5 cm³/mol. The molecule has 0 aromatic heterocycles. The molecule has 1 aromatic carbocycles. The van der Waals surface area contributed by atoms with Crippen LogP contribution in [0.25, 0.3) is 0 Å². The van der Waals surface area contributed by atoms with Gasteiger partial charge < -0.3 is 10.6 Å². The van der Waals surface area contributed by atoms with E-state index >= 15 is 0 Å². The summed E-state index contributed by atoms with van der Waals surface area (Å²) in [6.45, 7) is 3.11. The van der Waals surface area contributed by atoms with Crippen LogP contribution >= 0.6 is 24.0 Å². The number of carbonyl (C=O) groups is 1. The molecule has 1 saturated heterocycles. The first-order valence-corrected chi connectivity index (χ1v) is 7.35. The van der Waals surface area contributed by atoms with E-state index in [0.717, 1.165) is 30.0 Å². The quantitative estimate of drug-likeness (QED) is 0.873. The molecule has 2 rings (SSSR count). The van der Waals surface area contributed by atoms with Crippen LogP contribution < -0.4 is 10.6 Å². The van der Waals surface area contributed by atoms with E-state index in [1.807, 2.05) is 24.3 Å². The predicted octanol–water partition coefficient (Wildman–Crippen LogP) is 3.47. The smallest absolute Gasteiger partial charge is 0.222 e. The van der Waals surface area contributed by atoms with Crippen molar-refractivity contribution in [3.8, 4) is 0 Å². The summed E-state index contributed by atoms with van der Waals surface area (Å²) in [5.74, 6) is 0.126. The Hall–Kier alpha value is -0.770. The molecule has 0 radical (unpaired) electrons. The Labute approximate surface area is 131 Å². The maximum atomic E-state index is 12.0. The van der Waals surface area contributed by atoms with Crippen LogP contribution in [-0.4, -0.2) is 18.5 Å². The topological polar surface area (TPSA) is 41.1 Å². The van der Waals surface area contributed by atoms with E-state index in [1.54, 1.807) is 0 Å². The van der Waals surface area contributed by atoms with Gasteiger partial charge in [0.2, 0.25) is 5.91 Å². The summed E-state index contributed by atoms with van der Waals surface area (Å²) >= 11 is 5.88. The fourth-order valence-electron chi connectivity index (χ4n) is 2.52. The summed E-state index contributed by atoms with van der Waals surface area (Å²) in [6, 6.07) is 8.11. The van der Waals surface area contributed by atoms with E-state index in [0.29, 0.717) is 12.5 Å². The summed E-state index contributed by atoms with van der Waals surface area (Å²) in [4.78, 5) is 12.0. The lowest BCUT2D eigenvalue weighted by Gasteiger charge is -2.19. The second-order valence-corrected chi connectivity index (χ2v) is 5.51. The van der Waals surface area contributed by atoms with Crippen LogP contribution in [0.4, 0.5) is 0 Å². The van der Waals surface area contributed by atoms with Crippen molar-refractivity contribution in [1.82, 2.24) is 10.6 Å². The average Bonchev–Trinajstić information content (AvgIpc) is 2.90. The zero-order valence-corrected chi connectivity index (χ0v) is 13.3. The molecule has 1 aliphatic heterocycles. The Bertz CT molecular complexity index is 416. The minimum atomic E-state index is 0. The van der Waals surface area contributed by atoms with Crippen molar-refractivity contribution in [2.75, 3.05) is 6.54 Å². The second-order valence-electron chi connectivity index (χ2n) is 5.08. The molecule has 1 heterocycles. The van der Waals surface area contributed by atoms with Gasteiger partial charge in [0.15, 0.2) is 0 Å². The van der Waals surface area contributed by atoms with Crippen LogP contribution in [0.5, 0.6) is 0 Å². The normalized spacial score (nSPS) is 19.2. The van der Waals surface area contributed by atoms with Gasteiger partial charge in [0.1, 0.15) is 0 Å². The lowest BCUT2D eigenvalue weighted by atomic mass is 10.0. The Balaban J connectivity index is 0.00000200. The SMILES string of the molecule is CCC(NC(=O)CC1CCCN1)c1ccc(Cl)cc1.Cl. The molecule has 3 nitrogen and oxygen atoms in total. The Morgan fingerprint density at radius 2 is 2.15 bits per heavy atom. The zero-order chi connectivity index (χ0) is 13.7. The van der Waals surface area contributed by atoms with Crippen molar-refractivity contribution in [1.29, 1.82) is 0 Å². The first kappa shape index (κ1) is 17.3. The molecule has 0 aliphatic carbocycles. The van der Waals surface area contributed by atoms with Gasteiger partial charge in [0.05, 0.1) is 6.04 Å². The Morgan fingerprint density at radius 3 is 2.70 bits per heavy atom. The zero-order valence-electron chi connectivity index (χ0n) is 11.7. The fourth-order valence-corrected chi connectivity index (χ4v) is 2.65. The first-order chi connectivity index (χ1) is 9.19. The number of hydrogen-bond acceptors (Lipinski definition) is 2. The van der Waals surface area contributed by atoms with Crippen molar-refractivity contribution in [2.45, 2.75) is 44.7 Å². The van der Waals surface area contributed by atoms with E-state index in [4.69, 9.17) is 11.6 Å². The van der Waals surface area contributed by atoms with Gasteiger partial charge in [-0.15, -0.1) is 12.4 Å². The van der Waals surface area contributed by atoms with Gasteiger partial charge in [-0.2, -0.15) is 0 Å². The van der Waals surface area contributed by atoms with Gasteiger partial charge >= 0.3 is 0 Å². The molecule has 5 heteroatoms. The van der Waals surface area contributed by atoms with E-state index in [9.17, 15) is 4.79 Å². The summed E-state index contributed by atoms with van der Waals surface area (Å²) in [6.07, 6.45) is 3.73. The molecule has 1 aromatic rings. The molecule has 1 fully saturated rings. The van der Waals surface area contributed by atoms with Crippen LogP contribution in [-0.2, 0) is 4.79 Å². The van der Waals surface area contributed by atoms with Crippen molar-refractivity contribution in [3.63, 3.8) is 0 Å². The van der Waals surface area contributed by atoms with Crippen molar-refractivity contribution in [3.05, 3.63) is 34.9 Å². The van der Waals surface area contributed by atoms with Gasteiger partial charge in [-0.1, -0.05) is 30.7 Å². The third kappa shape index (κ3) is 4.97. The highest BCUT2D eigenvalue weighted by Gasteiger charge is 2.19. The monoisotopic (exact) mass is 316 g/mol. The average molecular weight is 317 g/mol. The molecule has 20 heavy (non-hydrogen) atoms. The number of amides is 1. The minimum Gasteiger partial charge on any atom is -0.349 e. The molecule has 0 saturated carbocycles. The maximum absolute atomic E-state index is 12.0. The highest BCUT2D eigenvalue weighted by atomic mass is 35.5. The Kier molecular flexibility index (Phi) is 7.35. The molecule has 2 N–H and O–H groups in total. The van der Waals surface area contributed by atoms with E-state index < -0.39 is 0 Å². The number of rotatable bonds is 5. The van der Waals surface area contributed by atoms with Gasteiger partial charge in [-0.25, -0.2) is 0 Å². The van der Waals surface area contributed by atoms with Gasteiger partial charge in [0.25, 0.3) is 0 Å². The molecular weight excluding hydrogens is 295 g/mol. The van der Waals surface area contributed by atoms with E-state index in [2.05, 4.69) is 17.6 Å². The molecule has 1 amide bonds. The van der Waals surface area contributed by atoms with E-state index in [1.165, 1.54) is 6.42 Å². The molecule has 0 spiro atoms. The molecule has 2 unspecified atom stereocenters. The maximum Gasteiger partial charge on any atom is 0.222 e. The van der Waals surface area contributed by atoms with Crippen LogP contribution in [0.3, 0.4) is 0 Å². The third-order valence-electron chi connectivity index (χ3n) is 3.61. The lowest BCUT2D eigenvalue weighted by molar-refractivity contribution is -0.122. The lowest BCUT2D eigenvalue weighted by Crippen LogP contribution is -2.34. The summed E-state index contributed by atoms with van der Waals surface area (Å²) in [5.41, 5.74) is 1.11. The van der Waals surface area contributed by atoms with Crippen LogP contribution in [0.15, 0.2) is 24.3 Å². The number of carbonyl (C=O) groups excluding carboxylic acids is 1. The molecule has 0 bridgehead atoms. The second kappa shape index (κ2) is 8.50. The highest BCUT2D eigenvalue weighted by molar-refractivity contribution is 6.30. The minimum absolute atomic E-state index is 0. The van der Waals surface area contributed by atoms with Gasteiger partial charge in [-0.05, 0) is 43.5 Å².